The van der Waals surface area contributed by atoms with Crippen LogP contribution in [-0.2, 0) is 23.2 Å². The van der Waals surface area contributed by atoms with Crippen LogP contribution in [0.5, 0.6) is 11.5 Å². The van der Waals surface area contributed by atoms with Gasteiger partial charge in [-0.25, -0.2) is 0 Å². The molecule has 0 atom stereocenters. The van der Waals surface area contributed by atoms with Crippen molar-refractivity contribution >= 4 is 17.3 Å². The molecule has 4 nitrogen and oxygen atoms in total. The number of ether oxygens (including phenoxy) is 1. The van der Waals surface area contributed by atoms with Crippen molar-refractivity contribution in [2.24, 2.45) is 0 Å². The van der Waals surface area contributed by atoms with Gasteiger partial charge >= 0.3 is 12.4 Å². The summed E-state index contributed by atoms with van der Waals surface area (Å²) in [5, 5.41) is 2.15. The molecule has 0 saturated carbocycles. The Morgan fingerprint density at radius 3 is 1.78 bits per heavy atom. The van der Waals surface area contributed by atoms with Gasteiger partial charge in [-0.2, -0.15) is 26.3 Å². The molecule has 0 heterocycles. The summed E-state index contributed by atoms with van der Waals surface area (Å²) >= 11 is 0. The lowest BCUT2D eigenvalue weighted by atomic mass is 9.76. The Morgan fingerprint density at radius 1 is 0.732 bits per heavy atom. The van der Waals surface area contributed by atoms with Crippen molar-refractivity contribution < 1.29 is 35.9 Å². The first kappa shape index (κ1) is 31.8. The molecule has 0 bridgehead atoms. The summed E-state index contributed by atoms with van der Waals surface area (Å²) in [6, 6.07) is 10.9. The lowest BCUT2D eigenvalue weighted by Gasteiger charge is -2.30. The summed E-state index contributed by atoms with van der Waals surface area (Å²) in [5.74, 6) is -0.486. The van der Waals surface area contributed by atoms with Crippen LogP contribution in [0.1, 0.15) is 87.0 Å². The highest BCUT2D eigenvalue weighted by Gasteiger charge is 2.37. The zero-order chi connectivity index (χ0) is 31.0. The van der Waals surface area contributed by atoms with Crippen LogP contribution in [0.2, 0.25) is 0 Å². The highest BCUT2D eigenvalue weighted by Crippen LogP contribution is 2.41. The highest BCUT2D eigenvalue weighted by molar-refractivity contribution is 6.07. The number of carbonyl (C=O) groups excluding carboxylic acids is 1. The molecule has 0 saturated heterocycles. The predicted molar refractivity (Wildman–Crippen MR) is 148 cm³/mol. The van der Waals surface area contributed by atoms with Crippen LogP contribution in [0, 0.1) is 0 Å². The molecule has 0 aromatic heterocycles. The number of amides is 1. The van der Waals surface area contributed by atoms with Gasteiger partial charge in [-0.15, -0.1) is 0 Å². The summed E-state index contributed by atoms with van der Waals surface area (Å²) in [6.07, 6.45) is -8.46. The number of nitrogens with one attached hydrogen (secondary N) is 1. The molecular formula is C31H34F6N2O2. The van der Waals surface area contributed by atoms with E-state index >= 15 is 0 Å². The van der Waals surface area contributed by atoms with Crippen molar-refractivity contribution in [3.05, 3.63) is 82.4 Å². The Bertz CT molecular complexity index is 1390. The first-order chi connectivity index (χ1) is 18.8. The second-order valence-corrected chi connectivity index (χ2v) is 11.3. The van der Waals surface area contributed by atoms with Crippen LogP contribution < -0.4 is 15.8 Å². The Hall–Kier alpha value is -3.69. The summed E-state index contributed by atoms with van der Waals surface area (Å²) in [4.78, 5) is 13.3. The second-order valence-electron chi connectivity index (χ2n) is 11.3. The number of alkyl halides is 6. The predicted octanol–water partition coefficient (Wildman–Crippen LogP) is 9.73. The molecule has 3 rings (SSSR count). The Labute approximate surface area is 235 Å². The summed E-state index contributed by atoms with van der Waals surface area (Å²) in [5.41, 5.74) is 3.66. The fourth-order valence-corrected chi connectivity index (χ4v) is 4.12. The van der Waals surface area contributed by atoms with Crippen molar-refractivity contribution in [3.8, 4) is 11.5 Å². The molecule has 0 fully saturated rings. The van der Waals surface area contributed by atoms with E-state index in [1.165, 1.54) is 18.2 Å². The van der Waals surface area contributed by atoms with Crippen molar-refractivity contribution in [2.45, 2.75) is 77.6 Å². The van der Waals surface area contributed by atoms with Gasteiger partial charge in [0.25, 0.3) is 5.91 Å². The lowest BCUT2D eigenvalue weighted by Crippen LogP contribution is -2.21. The van der Waals surface area contributed by atoms with Crippen LogP contribution in [0.3, 0.4) is 0 Å². The summed E-state index contributed by atoms with van der Waals surface area (Å²) in [7, 11) is 0. The maximum Gasteiger partial charge on any atom is 0.416 e. The minimum Gasteiger partial charge on any atom is -0.456 e. The van der Waals surface area contributed by atoms with Gasteiger partial charge in [-0.3, -0.25) is 4.79 Å². The molecule has 0 aliphatic carbocycles. The van der Waals surface area contributed by atoms with Crippen LogP contribution in [-0.4, -0.2) is 5.91 Å². The van der Waals surface area contributed by atoms with Gasteiger partial charge < -0.3 is 15.8 Å². The van der Waals surface area contributed by atoms with E-state index in [0.717, 1.165) is 24.0 Å². The van der Waals surface area contributed by atoms with E-state index in [1.807, 2.05) is 13.0 Å². The quantitative estimate of drug-likeness (QED) is 0.206. The van der Waals surface area contributed by atoms with E-state index in [4.69, 9.17) is 10.5 Å². The van der Waals surface area contributed by atoms with Gasteiger partial charge in [0.2, 0.25) is 0 Å². The van der Waals surface area contributed by atoms with Crippen molar-refractivity contribution in [3.63, 3.8) is 0 Å². The first-order valence-corrected chi connectivity index (χ1v) is 13.1. The Morgan fingerprint density at radius 2 is 1.27 bits per heavy atom. The van der Waals surface area contributed by atoms with Gasteiger partial charge in [0.1, 0.15) is 11.5 Å². The first-order valence-electron chi connectivity index (χ1n) is 13.1. The number of halogens is 6. The van der Waals surface area contributed by atoms with E-state index in [9.17, 15) is 31.1 Å². The third kappa shape index (κ3) is 7.34. The van der Waals surface area contributed by atoms with E-state index in [0.29, 0.717) is 17.9 Å². The molecule has 0 aliphatic rings. The molecule has 0 unspecified atom stereocenters. The topological polar surface area (TPSA) is 64.3 Å². The number of rotatable bonds is 8. The average molecular weight is 581 g/mol. The Kier molecular flexibility index (Phi) is 8.77. The van der Waals surface area contributed by atoms with E-state index in [2.05, 4.69) is 46.0 Å². The minimum atomic E-state index is -5.06. The lowest BCUT2D eigenvalue weighted by molar-refractivity contribution is -0.143. The van der Waals surface area contributed by atoms with Crippen molar-refractivity contribution in [1.29, 1.82) is 0 Å². The maximum absolute atomic E-state index is 13.3. The van der Waals surface area contributed by atoms with Crippen molar-refractivity contribution in [1.82, 2.24) is 0 Å². The third-order valence-electron chi connectivity index (χ3n) is 7.57. The molecule has 41 heavy (non-hydrogen) atoms. The molecule has 10 heteroatoms. The second kappa shape index (κ2) is 11.3. The number of carbonyl (C=O) groups is 1. The van der Waals surface area contributed by atoms with E-state index in [-0.39, 0.29) is 33.9 Å². The monoisotopic (exact) mass is 580 g/mol. The normalized spacial score (nSPS) is 12.8. The molecule has 0 radical (unpaired) electrons. The molecule has 0 spiro atoms. The standard InChI is InChI=1S/C31H34F6N2O2/c1-7-28(3,4)18-9-11-26(24(16-18)29(5,6)8-2)41-25-12-10-21(38)17-23(25)27(40)39-22-14-19(30(32,33)34)13-20(15-22)31(35,36)37/h9-17H,7-8,38H2,1-6H3,(H,39,40). The molecule has 222 valence electrons. The van der Waals surface area contributed by atoms with Gasteiger partial charge in [0.15, 0.2) is 0 Å². The average Bonchev–Trinajstić information content (AvgIpc) is 2.88. The third-order valence-corrected chi connectivity index (χ3v) is 7.57. The van der Waals surface area contributed by atoms with Gasteiger partial charge in [0.05, 0.1) is 16.7 Å². The zero-order valence-corrected chi connectivity index (χ0v) is 23.8. The Balaban J connectivity index is 2.07. The molecule has 3 aromatic carbocycles. The fourth-order valence-electron chi connectivity index (χ4n) is 4.12. The van der Waals surface area contributed by atoms with E-state index in [1.54, 1.807) is 6.07 Å². The largest absolute Gasteiger partial charge is 0.456 e. The fraction of sp³-hybridized carbons (Fsp3) is 0.387. The molecule has 1 amide bonds. The molecular weight excluding hydrogens is 546 g/mol. The number of nitrogens with two attached hydrogens (primary N) is 1. The molecule has 0 aliphatic heterocycles. The van der Waals surface area contributed by atoms with Crippen LogP contribution in [0.25, 0.3) is 0 Å². The van der Waals surface area contributed by atoms with Crippen molar-refractivity contribution in [2.75, 3.05) is 11.1 Å². The smallest absolute Gasteiger partial charge is 0.416 e. The SMILES string of the molecule is CCC(C)(C)c1ccc(Oc2ccc(N)cc2C(=O)Nc2cc(C(F)(F)F)cc(C(F)(F)F)c2)c(C(C)(C)CC)c1. The maximum atomic E-state index is 13.3. The molecule has 3 N–H and O–H groups in total. The number of benzene rings is 3. The van der Waals surface area contributed by atoms with Crippen LogP contribution in [0.15, 0.2) is 54.6 Å². The van der Waals surface area contributed by atoms with Gasteiger partial charge in [-0.1, -0.05) is 53.7 Å². The number of hydrogen-bond donors (Lipinski definition) is 2. The molecule has 3 aromatic rings. The van der Waals surface area contributed by atoms with Crippen LogP contribution >= 0.6 is 0 Å². The highest BCUT2D eigenvalue weighted by atomic mass is 19.4. The van der Waals surface area contributed by atoms with E-state index < -0.39 is 35.1 Å². The van der Waals surface area contributed by atoms with Gasteiger partial charge in [-0.05, 0) is 71.7 Å². The van der Waals surface area contributed by atoms with Crippen LogP contribution in [0.4, 0.5) is 37.7 Å². The zero-order valence-electron chi connectivity index (χ0n) is 23.8. The number of hydrogen-bond acceptors (Lipinski definition) is 3. The number of nitrogen functional groups attached to an aromatic ring is 1. The summed E-state index contributed by atoms with van der Waals surface area (Å²) < 4.78 is 86.2. The van der Waals surface area contributed by atoms with Gasteiger partial charge in [0, 0.05) is 16.9 Å². The minimum absolute atomic E-state index is 0.00873. The number of anilines is 2. The summed E-state index contributed by atoms with van der Waals surface area (Å²) in [6.45, 7) is 12.5.